The summed E-state index contributed by atoms with van der Waals surface area (Å²) in [6.45, 7) is 2.02. The van der Waals surface area contributed by atoms with Crippen molar-refractivity contribution < 1.29 is 19.1 Å². The number of hydrogen-bond acceptors (Lipinski definition) is 4. The van der Waals surface area contributed by atoms with E-state index in [1.165, 1.54) is 7.11 Å². The molecule has 1 atom stereocenters. The Bertz CT molecular complexity index is 861. The Morgan fingerprint density at radius 2 is 1.92 bits per heavy atom. The topological polar surface area (TPSA) is 87.7 Å². The minimum absolute atomic E-state index is 0.319. The molecule has 2 N–H and O–H groups in total. The van der Waals surface area contributed by atoms with Crippen molar-refractivity contribution in [1.29, 1.82) is 0 Å². The van der Waals surface area contributed by atoms with Crippen LogP contribution in [-0.4, -0.2) is 49.6 Å². The molecule has 1 aliphatic heterocycles. The molecule has 0 bridgehead atoms. The van der Waals surface area contributed by atoms with Crippen LogP contribution < -0.4 is 10.6 Å². The number of methoxy groups -OCH3 is 1. The number of nitrogens with one attached hydrogen (secondary N) is 2. The number of nitrogens with zero attached hydrogens (tertiary/aromatic N) is 1. The zero-order valence-corrected chi connectivity index (χ0v) is 14.7. The third kappa shape index (κ3) is 3.13. The summed E-state index contributed by atoms with van der Waals surface area (Å²) in [5, 5.41) is 7.22. The van der Waals surface area contributed by atoms with Crippen LogP contribution in [0.1, 0.15) is 12.5 Å². The largest absolute Gasteiger partial charge is 0.383 e. The second-order valence-electron chi connectivity index (χ2n) is 6.32. The minimum atomic E-state index is -1.22. The molecule has 0 aromatic heterocycles. The first-order valence-electron chi connectivity index (χ1n) is 8.35. The first kappa shape index (κ1) is 17.9. The van der Waals surface area contributed by atoms with Crippen LogP contribution in [0.15, 0.2) is 42.5 Å². The van der Waals surface area contributed by atoms with Crippen molar-refractivity contribution in [3.05, 3.63) is 48.0 Å². The molecule has 0 radical (unpaired) electrons. The third-order valence-corrected chi connectivity index (χ3v) is 4.53. The molecule has 1 heterocycles. The van der Waals surface area contributed by atoms with E-state index in [1.807, 2.05) is 42.5 Å². The van der Waals surface area contributed by atoms with Crippen molar-refractivity contribution in [1.82, 2.24) is 15.5 Å². The summed E-state index contributed by atoms with van der Waals surface area (Å²) in [6.07, 6.45) is 0. The lowest BCUT2D eigenvalue weighted by molar-refractivity contribution is -0.134. The number of rotatable bonds is 6. The van der Waals surface area contributed by atoms with Crippen molar-refractivity contribution in [2.24, 2.45) is 0 Å². The van der Waals surface area contributed by atoms with Crippen molar-refractivity contribution in [3.63, 3.8) is 0 Å². The summed E-state index contributed by atoms with van der Waals surface area (Å²) in [4.78, 5) is 38.3. The van der Waals surface area contributed by atoms with Crippen molar-refractivity contribution in [2.75, 3.05) is 26.8 Å². The van der Waals surface area contributed by atoms with E-state index >= 15 is 0 Å². The van der Waals surface area contributed by atoms with Crippen LogP contribution >= 0.6 is 0 Å². The van der Waals surface area contributed by atoms with Crippen molar-refractivity contribution >= 4 is 28.6 Å². The lowest BCUT2D eigenvalue weighted by Crippen LogP contribution is -2.43. The average molecular weight is 355 g/mol. The number of amides is 4. The van der Waals surface area contributed by atoms with Crippen LogP contribution in [0, 0.1) is 0 Å². The molecule has 2 aromatic rings. The lowest BCUT2D eigenvalue weighted by atomic mass is 9.88. The van der Waals surface area contributed by atoms with Gasteiger partial charge in [0.15, 0.2) is 0 Å². The van der Waals surface area contributed by atoms with Crippen LogP contribution in [0.2, 0.25) is 0 Å². The number of hydrogen-bond donors (Lipinski definition) is 2. The van der Waals surface area contributed by atoms with Crippen LogP contribution in [-0.2, 0) is 19.9 Å². The van der Waals surface area contributed by atoms with Crippen LogP contribution in [0.5, 0.6) is 0 Å². The smallest absolute Gasteiger partial charge is 0.325 e. The Kier molecular flexibility index (Phi) is 4.90. The fourth-order valence-electron chi connectivity index (χ4n) is 3.18. The van der Waals surface area contributed by atoms with Gasteiger partial charge in [-0.15, -0.1) is 0 Å². The molecular weight excluding hydrogens is 334 g/mol. The zero-order chi connectivity index (χ0) is 18.7. The molecule has 0 spiro atoms. The SMILES string of the molecule is COCCNC(=O)CN1C(=O)N[C@@](C)(c2cccc3ccccc23)C1=O. The average Bonchev–Trinajstić information content (AvgIpc) is 2.85. The summed E-state index contributed by atoms with van der Waals surface area (Å²) in [5.41, 5.74) is -0.513. The molecule has 3 rings (SSSR count). The second kappa shape index (κ2) is 7.13. The van der Waals surface area contributed by atoms with E-state index in [1.54, 1.807) is 6.92 Å². The number of urea groups is 1. The normalized spacial score (nSPS) is 19.7. The highest BCUT2D eigenvalue weighted by molar-refractivity contribution is 6.10. The first-order valence-corrected chi connectivity index (χ1v) is 8.35. The Hall–Kier alpha value is -2.93. The summed E-state index contributed by atoms with van der Waals surface area (Å²) in [5.74, 6) is -0.853. The van der Waals surface area contributed by atoms with E-state index in [-0.39, 0.29) is 6.54 Å². The van der Waals surface area contributed by atoms with Crippen molar-refractivity contribution in [3.8, 4) is 0 Å². The summed E-state index contributed by atoms with van der Waals surface area (Å²) >= 11 is 0. The van der Waals surface area contributed by atoms with Gasteiger partial charge in [0, 0.05) is 13.7 Å². The predicted octanol–water partition coefficient (Wildman–Crippen LogP) is 1.37. The molecule has 26 heavy (non-hydrogen) atoms. The van der Waals surface area contributed by atoms with Gasteiger partial charge in [-0.05, 0) is 23.3 Å². The molecule has 1 fully saturated rings. The van der Waals surface area contributed by atoms with Gasteiger partial charge in [-0.2, -0.15) is 0 Å². The van der Waals surface area contributed by atoms with E-state index in [0.29, 0.717) is 18.7 Å². The molecular formula is C19H21N3O4. The summed E-state index contributed by atoms with van der Waals surface area (Å²) in [7, 11) is 1.53. The quantitative estimate of drug-likeness (QED) is 0.605. The standard InChI is InChI=1S/C19H21N3O4/c1-19(15-9-5-7-13-6-3-4-8-14(13)15)17(24)22(18(25)21-19)12-16(23)20-10-11-26-2/h3-9H,10-12H2,1-2H3,(H,20,23)(H,21,25)/t19-/m0/s1. The molecule has 0 aliphatic carbocycles. The van der Waals surface area contributed by atoms with E-state index in [0.717, 1.165) is 15.7 Å². The van der Waals surface area contributed by atoms with Gasteiger partial charge in [0.1, 0.15) is 12.1 Å². The Morgan fingerprint density at radius 1 is 1.19 bits per heavy atom. The minimum Gasteiger partial charge on any atom is -0.383 e. The lowest BCUT2D eigenvalue weighted by Gasteiger charge is -2.24. The first-order chi connectivity index (χ1) is 12.5. The predicted molar refractivity (Wildman–Crippen MR) is 96.4 cm³/mol. The van der Waals surface area contributed by atoms with Crippen LogP contribution in [0.4, 0.5) is 4.79 Å². The zero-order valence-electron chi connectivity index (χ0n) is 14.7. The Labute approximate surface area is 151 Å². The maximum atomic E-state index is 13.0. The number of carbonyl (C=O) groups excluding carboxylic acids is 3. The van der Waals surface area contributed by atoms with Crippen LogP contribution in [0.25, 0.3) is 10.8 Å². The van der Waals surface area contributed by atoms with E-state index in [4.69, 9.17) is 4.74 Å². The molecule has 7 heteroatoms. The Morgan fingerprint density at radius 3 is 2.69 bits per heavy atom. The van der Waals surface area contributed by atoms with Gasteiger partial charge in [-0.3, -0.25) is 14.5 Å². The highest BCUT2D eigenvalue weighted by atomic mass is 16.5. The molecule has 0 unspecified atom stereocenters. The molecule has 1 aliphatic rings. The third-order valence-electron chi connectivity index (χ3n) is 4.53. The van der Waals surface area contributed by atoms with Gasteiger partial charge in [0.2, 0.25) is 5.91 Å². The fourth-order valence-corrected chi connectivity index (χ4v) is 3.18. The number of benzene rings is 2. The number of imide groups is 1. The number of fused-ring (bicyclic) bond motifs is 1. The fraction of sp³-hybridized carbons (Fsp3) is 0.316. The summed E-state index contributed by atoms with van der Waals surface area (Å²) < 4.78 is 4.86. The Balaban J connectivity index is 1.86. The second-order valence-corrected chi connectivity index (χ2v) is 6.32. The van der Waals surface area contributed by atoms with Crippen molar-refractivity contribution in [2.45, 2.75) is 12.5 Å². The van der Waals surface area contributed by atoms with E-state index < -0.39 is 23.4 Å². The van der Waals surface area contributed by atoms with E-state index in [9.17, 15) is 14.4 Å². The molecule has 0 saturated carbocycles. The van der Waals surface area contributed by atoms with Gasteiger partial charge in [0.05, 0.1) is 6.61 Å². The molecule has 136 valence electrons. The van der Waals surface area contributed by atoms with Crippen LogP contribution in [0.3, 0.4) is 0 Å². The highest BCUT2D eigenvalue weighted by Gasteiger charge is 2.50. The maximum absolute atomic E-state index is 13.0. The van der Waals surface area contributed by atoms with Gasteiger partial charge >= 0.3 is 6.03 Å². The van der Waals surface area contributed by atoms with Gasteiger partial charge in [0.25, 0.3) is 5.91 Å². The van der Waals surface area contributed by atoms with Gasteiger partial charge in [-0.1, -0.05) is 42.5 Å². The van der Waals surface area contributed by atoms with Gasteiger partial charge < -0.3 is 15.4 Å². The molecule has 7 nitrogen and oxygen atoms in total. The van der Waals surface area contributed by atoms with E-state index in [2.05, 4.69) is 10.6 Å². The molecule has 1 saturated heterocycles. The molecule has 2 aromatic carbocycles. The molecule has 4 amide bonds. The maximum Gasteiger partial charge on any atom is 0.325 e. The monoisotopic (exact) mass is 355 g/mol. The summed E-state index contributed by atoms with van der Waals surface area (Å²) in [6, 6.07) is 12.7. The number of carbonyl (C=O) groups is 3. The highest BCUT2D eigenvalue weighted by Crippen LogP contribution is 2.33. The van der Waals surface area contributed by atoms with Gasteiger partial charge in [-0.25, -0.2) is 4.79 Å². The number of ether oxygens (including phenoxy) is 1.